The molecule has 0 atom stereocenters. The van der Waals surface area contributed by atoms with Gasteiger partial charge in [-0.2, -0.15) is 0 Å². The number of rotatable bonds is 7. The van der Waals surface area contributed by atoms with Gasteiger partial charge in [0, 0.05) is 26.0 Å². The third kappa shape index (κ3) is 3.74. The fraction of sp³-hybridized carbons (Fsp3) is 0.385. The van der Waals surface area contributed by atoms with Crippen molar-refractivity contribution in [2.24, 2.45) is 0 Å². The Morgan fingerprint density at radius 3 is 2.50 bits per heavy atom. The molecule has 0 aliphatic rings. The molecule has 0 bridgehead atoms. The second kappa shape index (κ2) is 6.75. The van der Waals surface area contributed by atoms with E-state index in [1.165, 1.54) is 32.4 Å². The lowest BCUT2D eigenvalue weighted by Crippen LogP contribution is -2.26. The van der Waals surface area contributed by atoms with Crippen LogP contribution in [0.25, 0.3) is 0 Å². The van der Waals surface area contributed by atoms with Gasteiger partial charge in [-0.25, -0.2) is 13.1 Å². The van der Waals surface area contributed by atoms with Crippen molar-refractivity contribution in [1.29, 1.82) is 0 Å². The number of nitrogens with one attached hydrogen (secondary N) is 1. The van der Waals surface area contributed by atoms with Crippen molar-refractivity contribution in [2.45, 2.75) is 18.2 Å². The maximum atomic E-state index is 12.2. The van der Waals surface area contributed by atoms with Gasteiger partial charge in [-0.1, -0.05) is 0 Å². The fourth-order valence-corrected chi connectivity index (χ4v) is 2.84. The largest absolute Gasteiger partial charge is 0.493 e. The van der Waals surface area contributed by atoms with E-state index < -0.39 is 10.0 Å². The average Bonchev–Trinajstić information content (AvgIpc) is 2.91. The van der Waals surface area contributed by atoms with Crippen LogP contribution in [0.1, 0.15) is 11.8 Å². The van der Waals surface area contributed by atoms with Gasteiger partial charge in [0.2, 0.25) is 21.8 Å². The number of sulfonamides is 1. The molecule has 120 valence electrons. The molecule has 8 nitrogen and oxygen atoms in total. The summed E-state index contributed by atoms with van der Waals surface area (Å²) in [6.45, 7) is 1.82. The molecule has 0 aliphatic heterocycles. The summed E-state index contributed by atoms with van der Waals surface area (Å²) in [5.41, 5.74) is 0. The minimum atomic E-state index is -3.66. The molecule has 2 rings (SSSR count). The lowest BCUT2D eigenvalue weighted by molar-refractivity contribution is 0.354. The van der Waals surface area contributed by atoms with E-state index in [1.807, 2.05) is 0 Å². The molecule has 1 aromatic carbocycles. The molecule has 1 aromatic heterocycles. The van der Waals surface area contributed by atoms with Crippen LogP contribution < -0.4 is 14.2 Å². The third-order valence-corrected chi connectivity index (χ3v) is 4.32. The van der Waals surface area contributed by atoms with Gasteiger partial charge in [-0.15, -0.1) is 10.2 Å². The molecule has 2 aromatic rings. The zero-order valence-corrected chi connectivity index (χ0v) is 13.3. The molecule has 0 saturated heterocycles. The summed E-state index contributed by atoms with van der Waals surface area (Å²) in [4.78, 5) is 0.0897. The van der Waals surface area contributed by atoms with Crippen molar-refractivity contribution >= 4 is 10.0 Å². The summed E-state index contributed by atoms with van der Waals surface area (Å²) < 4.78 is 42.3. The summed E-state index contributed by atoms with van der Waals surface area (Å²) in [6, 6.07) is 4.38. The van der Waals surface area contributed by atoms with Gasteiger partial charge in [0.05, 0.1) is 19.1 Å². The standard InChI is InChI=1S/C13H17N3O5S/c1-9-15-16-13(21-9)6-7-14-22(17,18)10-4-5-11(19-2)12(8-10)20-3/h4-5,8,14H,6-7H2,1-3H3. The van der Waals surface area contributed by atoms with E-state index >= 15 is 0 Å². The normalized spacial score (nSPS) is 11.4. The Morgan fingerprint density at radius 1 is 1.18 bits per heavy atom. The molecule has 0 radical (unpaired) electrons. The van der Waals surface area contributed by atoms with Crippen molar-refractivity contribution < 1.29 is 22.3 Å². The summed E-state index contributed by atoms with van der Waals surface area (Å²) in [7, 11) is -0.730. The number of benzene rings is 1. The van der Waals surface area contributed by atoms with Gasteiger partial charge < -0.3 is 13.9 Å². The van der Waals surface area contributed by atoms with Crippen molar-refractivity contribution in [2.75, 3.05) is 20.8 Å². The molecule has 0 spiro atoms. The van der Waals surface area contributed by atoms with E-state index in [0.717, 1.165) is 0 Å². The fourth-order valence-electron chi connectivity index (χ4n) is 1.80. The van der Waals surface area contributed by atoms with Crippen LogP contribution in [0.5, 0.6) is 11.5 Å². The Bertz CT molecular complexity index is 742. The Labute approximate surface area is 128 Å². The highest BCUT2D eigenvalue weighted by Gasteiger charge is 2.17. The minimum absolute atomic E-state index is 0.0897. The molecular formula is C13H17N3O5S. The number of aromatic nitrogens is 2. The SMILES string of the molecule is COc1ccc(S(=O)(=O)NCCc2nnc(C)o2)cc1OC. The Hall–Kier alpha value is -2.13. The van der Waals surface area contributed by atoms with Crippen LogP contribution in [0.15, 0.2) is 27.5 Å². The maximum Gasteiger partial charge on any atom is 0.240 e. The van der Waals surface area contributed by atoms with Crippen molar-refractivity contribution in [3.05, 3.63) is 30.0 Å². The predicted molar refractivity (Wildman–Crippen MR) is 77.5 cm³/mol. The quantitative estimate of drug-likeness (QED) is 0.806. The molecule has 0 saturated carbocycles. The van der Waals surface area contributed by atoms with Gasteiger partial charge in [-0.05, 0) is 12.1 Å². The van der Waals surface area contributed by atoms with E-state index in [-0.39, 0.29) is 11.4 Å². The van der Waals surface area contributed by atoms with Crippen LogP contribution in [0, 0.1) is 6.92 Å². The van der Waals surface area contributed by atoms with Crippen LogP contribution in [-0.2, 0) is 16.4 Å². The summed E-state index contributed by atoms with van der Waals surface area (Å²) >= 11 is 0. The van der Waals surface area contributed by atoms with Crippen LogP contribution in [0.3, 0.4) is 0 Å². The second-order valence-corrected chi connectivity index (χ2v) is 6.15. The first-order chi connectivity index (χ1) is 10.5. The van der Waals surface area contributed by atoms with E-state index in [0.29, 0.717) is 29.7 Å². The van der Waals surface area contributed by atoms with Crippen LogP contribution >= 0.6 is 0 Å². The second-order valence-electron chi connectivity index (χ2n) is 4.38. The van der Waals surface area contributed by atoms with E-state index in [9.17, 15) is 8.42 Å². The minimum Gasteiger partial charge on any atom is -0.493 e. The van der Waals surface area contributed by atoms with E-state index in [1.54, 1.807) is 6.92 Å². The number of nitrogens with zero attached hydrogens (tertiary/aromatic N) is 2. The molecule has 0 amide bonds. The van der Waals surface area contributed by atoms with Gasteiger partial charge in [0.1, 0.15) is 0 Å². The zero-order valence-electron chi connectivity index (χ0n) is 12.5. The highest BCUT2D eigenvalue weighted by atomic mass is 32.2. The molecule has 0 fully saturated rings. The Morgan fingerprint density at radius 2 is 1.91 bits per heavy atom. The highest BCUT2D eigenvalue weighted by molar-refractivity contribution is 7.89. The smallest absolute Gasteiger partial charge is 0.240 e. The number of methoxy groups -OCH3 is 2. The van der Waals surface area contributed by atoms with Crippen molar-refractivity contribution in [3.8, 4) is 11.5 Å². The number of aryl methyl sites for hydroxylation is 1. The van der Waals surface area contributed by atoms with Crippen LogP contribution in [0.2, 0.25) is 0 Å². The third-order valence-electron chi connectivity index (χ3n) is 2.86. The molecule has 9 heteroatoms. The first-order valence-electron chi connectivity index (χ1n) is 6.47. The summed E-state index contributed by atoms with van der Waals surface area (Å²) in [5, 5.41) is 7.48. The van der Waals surface area contributed by atoms with Gasteiger partial charge in [0.25, 0.3) is 0 Å². The van der Waals surface area contributed by atoms with Gasteiger partial charge >= 0.3 is 0 Å². The van der Waals surface area contributed by atoms with Gasteiger partial charge in [-0.3, -0.25) is 0 Å². The molecule has 0 unspecified atom stereocenters. The average molecular weight is 327 g/mol. The molecule has 1 heterocycles. The number of hydrogen-bond donors (Lipinski definition) is 1. The van der Waals surface area contributed by atoms with Crippen LogP contribution in [-0.4, -0.2) is 39.4 Å². The van der Waals surface area contributed by atoms with E-state index in [4.69, 9.17) is 13.9 Å². The molecule has 0 aliphatic carbocycles. The summed E-state index contributed by atoms with van der Waals surface area (Å²) in [5.74, 6) is 1.63. The Balaban J connectivity index is 2.06. The monoisotopic (exact) mass is 327 g/mol. The van der Waals surface area contributed by atoms with Crippen molar-refractivity contribution in [3.63, 3.8) is 0 Å². The summed E-state index contributed by atoms with van der Waals surface area (Å²) in [6.07, 6.45) is 0.313. The molecule has 22 heavy (non-hydrogen) atoms. The first kappa shape index (κ1) is 16.2. The lowest BCUT2D eigenvalue weighted by Gasteiger charge is -2.10. The zero-order chi connectivity index (χ0) is 16.2. The topological polar surface area (TPSA) is 104 Å². The van der Waals surface area contributed by atoms with Crippen LogP contribution in [0.4, 0.5) is 0 Å². The van der Waals surface area contributed by atoms with Crippen molar-refractivity contribution in [1.82, 2.24) is 14.9 Å². The first-order valence-corrected chi connectivity index (χ1v) is 7.95. The Kier molecular flexibility index (Phi) is 4.99. The molecular weight excluding hydrogens is 310 g/mol. The lowest BCUT2D eigenvalue weighted by atomic mass is 10.3. The molecule has 1 N–H and O–H groups in total. The number of hydrogen-bond acceptors (Lipinski definition) is 7. The maximum absolute atomic E-state index is 12.2. The highest BCUT2D eigenvalue weighted by Crippen LogP contribution is 2.29. The predicted octanol–water partition coefficient (Wildman–Crippen LogP) is 0.916. The number of ether oxygens (including phenoxy) is 2. The van der Waals surface area contributed by atoms with Gasteiger partial charge in [0.15, 0.2) is 11.5 Å². The van der Waals surface area contributed by atoms with E-state index in [2.05, 4.69) is 14.9 Å².